The van der Waals surface area contributed by atoms with Crippen LogP contribution >= 0.6 is 11.8 Å². The van der Waals surface area contributed by atoms with Crippen molar-refractivity contribution in [1.82, 2.24) is 15.3 Å². The Balaban J connectivity index is 1.68. The molecule has 1 aliphatic rings. The fraction of sp³-hybridized carbons (Fsp3) is 0.533. The van der Waals surface area contributed by atoms with Crippen LogP contribution in [-0.4, -0.2) is 27.5 Å². The Morgan fingerprint density at radius 3 is 3.05 bits per heavy atom. The number of aromatic amines is 1. The fourth-order valence-electron chi connectivity index (χ4n) is 2.58. The fourth-order valence-corrected chi connectivity index (χ4v) is 4.22. The lowest BCUT2D eigenvalue weighted by Crippen LogP contribution is -2.46. The third kappa shape index (κ3) is 2.79. The summed E-state index contributed by atoms with van der Waals surface area (Å²) in [5.74, 6) is 3.52. The van der Waals surface area contributed by atoms with Gasteiger partial charge in [-0.25, -0.2) is 4.98 Å². The molecule has 0 radical (unpaired) electrons. The maximum Gasteiger partial charge on any atom is 0.121 e. The Hall–Kier alpha value is -1.00. The van der Waals surface area contributed by atoms with Crippen molar-refractivity contribution in [2.24, 2.45) is 5.41 Å². The van der Waals surface area contributed by atoms with Crippen LogP contribution in [0, 0.1) is 5.41 Å². The minimum absolute atomic E-state index is 0.386. The summed E-state index contributed by atoms with van der Waals surface area (Å²) < 4.78 is 0. The quantitative estimate of drug-likeness (QED) is 0.904. The van der Waals surface area contributed by atoms with E-state index in [1.54, 1.807) is 0 Å². The van der Waals surface area contributed by atoms with Crippen LogP contribution in [0.4, 0.5) is 0 Å². The van der Waals surface area contributed by atoms with Crippen molar-refractivity contribution in [3.8, 4) is 0 Å². The van der Waals surface area contributed by atoms with E-state index in [0.717, 1.165) is 23.4 Å². The highest BCUT2D eigenvalue weighted by Crippen LogP contribution is 2.34. The molecule has 2 N–H and O–H groups in total. The van der Waals surface area contributed by atoms with E-state index >= 15 is 0 Å². The van der Waals surface area contributed by atoms with Crippen LogP contribution in [0.1, 0.15) is 26.1 Å². The highest BCUT2D eigenvalue weighted by molar-refractivity contribution is 7.99. The lowest BCUT2D eigenvalue weighted by molar-refractivity contribution is 0.244. The molecule has 0 amide bonds. The van der Waals surface area contributed by atoms with Crippen LogP contribution in [-0.2, 0) is 6.54 Å². The maximum absolute atomic E-state index is 4.62. The molecule has 1 unspecified atom stereocenters. The highest BCUT2D eigenvalue weighted by atomic mass is 32.2. The molecule has 1 aromatic carbocycles. The summed E-state index contributed by atoms with van der Waals surface area (Å²) in [5.41, 5.74) is 2.56. The second-order valence-electron chi connectivity index (χ2n) is 5.95. The second-order valence-corrected chi connectivity index (χ2v) is 7.10. The largest absolute Gasteiger partial charge is 0.341 e. The summed E-state index contributed by atoms with van der Waals surface area (Å²) in [6.07, 6.45) is 1.29. The number of imidazole rings is 1. The molecule has 3 nitrogen and oxygen atoms in total. The first-order valence-electron chi connectivity index (χ1n) is 6.90. The van der Waals surface area contributed by atoms with Gasteiger partial charge in [0.05, 0.1) is 17.6 Å². The zero-order chi connectivity index (χ0) is 13.3. The zero-order valence-corrected chi connectivity index (χ0v) is 12.4. The van der Waals surface area contributed by atoms with E-state index < -0.39 is 0 Å². The van der Waals surface area contributed by atoms with E-state index in [1.165, 1.54) is 17.9 Å². The number of hydrogen-bond acceptors (Lipinski definition) is 3. The first kappa shape index (κ1) is 13.0. The number of nitrogens with one attached hydrogen (secondary N) is 2. The van der Waals surface area contributed by atoms with Crippen LogP contribution in [0.3, 0.4) is 0 Å². The van der Waals surface area contributed by atoms with Crippen molar-refractivity contribution in [2.75, 3.05) is 11.5 Å². The molecule has 0 saturated carbocycles. The third-order valence-electron chi connectivity index (χ3n) is 4.07. The summed E-state index contributed by atoms with van der Waals surface area (Å²) in [7, 11) is 0. The van der Waals surface area contributed by atoms with Crippen molar-refractivity contribution in [2.45, 2.75) is 32.9 Å². The van der Waals surface area contributed by atoms with Crippen molar-refractivity contribution < 1.29 is 0 Å². The molecule has 1 atom stereocenters. The second kappa shape index (κ2) is 5.17. The highest BCUT2D eigenvalue weighted by Gasteiger charge is 2.32. The molecule has 1 aliphatic heterocycles. The molecule has 1 aromatic heterocycles. The molecule has 1 saturated heterocycles. The minimum Gasteiger partial charge on any atom is -0.341 e. The van der Waals surface area contributed by atoms with Gasteiger partial charge in [-0.05, 0) is 29.7 Å². The normalized spacial score (nSPS) is 22.7. The topological polar surface area (TPSA) is 40.7 Å². The Morgan fingerprint density at radius 2 is 2.26 bits per heavy atom. The lowest BCUT2D eigenvalue weighted by Gasteiger charge is -2.38. The van der Waals surface area contributed by atoms with Gasteiger partial charge in [0.25, 0.3) is 0 Å². The minimum atomic E-state index is 0.386. The van der Waals surface area contributed by atoms with E-state index in [2.05, 4.69) is 53.0 Å². The molecule has 0 aliphatic carbocycles. The smallest absolute Gasteiger partial charge is 0.121 e. The molecule has 2 heterocycles. The summed E-state index contributed by atoms with van der Waals surface area (Å²) in [6.45, 7) is 5.55. The molecular formula is C15H21N3S. The van der Waals surface area contributed by atoms with Gasteiger partial charge >= 0.3 is 0 Å². The number of rotatable bonds is 3. The molecule has 3 rings (SSSR count). The van der Waals surface area contributed by atoms with E-state index in [-0.39, 0.29) is 0 Å². The summed E-state index contributed by atoms with van der Waals surface area (Å²) >= 11 is 2.05. The summed E-state index contributed by atoms with van der Waals surface area (Å²) in [4.78, 5) is 8.00. The number of nitrogens with zero attached hydrogens (tertiary/aromatic N) is 1. The maximum atomic E-state index is 4.62. The Morgan fingerprint density at radius 1 is 1.42 bits per heavy atom. The average molecular weight is 275 g/mol. The van der Waals surface area contributed by atoms with Gasteiger partial charge in [0.1, 0.15) is 5.82 Å². The summed E-state index contributed by atoms with van der Waals surface area (Å²) in [6, 6.07) is 8.77. The Labute approximate surface area is 118 Å². The number of hydrogen-bond donors (Lipinski definition) is 2. The first-order chi connectivity index (χ1) is 9.15. The van der Waals surface area contributed by atoms with Crippen molar-refractivity contribution in [1.29, 1.82) is 0 Å². The standard InChI is InChI=1S/C15H21N3S/c1-15(2)7-8-19-10-13(15)16-9-14-17-11-5-3-4-6-12(11)18-14/h3-6,13,16H,7-10H2,1-2H3,(H,17,18). The van der Waals surface area contributed by atoms with E-state index in [4.69, 9.17) is 0 Å². The molecule has 0 spiro atoms. The van der Waals surface area contributed by atoms with Crippen LogP contribution in [0.25, 0.3) is 11.0 Å². The molecular weight excluding hydrogens is 254 g/mol. The van der Waals surface area contributed by atoms with Gasteiger partial charge in [0, 0.05) is 11.8 Å². The van der Waals surface area contributed by atoms with Gasteiger partial charge in [-0.2, -0.15) is 11.8 Å². The number of para-hydroxylation sites is 2. The molecule has 102 valence electrons. The summed E-state index contributed by atoms with van der Waals surface area (Å²) in [5, 5.41) is 3.67. The van der Waals surface area contributed by atoms with Crippen molar-refractivity contribution in [3.63, 3.8) is 0 Å². The van der Waals surface area contributed by atoms with E-state index in [9.17, 15) is 0 Å². The number of benzene rings is 1. The molecule has 19 heavy (non-hydrogen) atoms. The van der Waals surface area contributed by atoms with Crippen molar-refractivity contribution in [3.05, 3.63) is 30.1 Å². The number of fused-ring (bicyclic) bond motifs is 1. The van der Waals surface area contributed by atoms with Gasteiger partial charge in [-0.1, -0.05) is 26.0 Å². The molecule has 0 bridgehead atoms. The van der Waals surface area contributed by atoms with Crippen LogP contribution in [0.2, 0.25) is 0 Å². The molecule has 4 heteroatoms. The third-order valence-corrected chi connectivity index (χ3v) is 5.13. The van der Waals surface area contributed by atoms with E-state index in [1.807, 2.05) is 12.1 Å². The first-order valence-corrected chi connectivity index (χ1v) is 8.05. The SMILES string of the molecule is CC1(C)CCSCC1NCc1nc2ccccc2[nH]1. The molecule has 2 aromatic rings. The van der Waals surface area contributed by atoms with Gasteiger partial charge < -0.3 is 10.3 Å². The number of H-pyrrole nitrogens is 1. The van der Waals surface area contributed by atoms with Gasteiger partial charge in [-0.3, -0.25) is 0 Å². The van der Waals surface area contributed by atoms with Crippen LogP contribution in [0.15, 0.2) is 24.3 Å². The predicted octanol–water partition coefficient (Wildman–Crippen LogP) is 3.18. The Kier molecular flexibility index (Phi) is 3.54. The Bertz CT molecular complexity index is 528. The lowest BCUT2D eigenvalue weighted by atomic mass is 9.82. The van der Waals surface area contributed by atoms with E-state index in [0.29, 0.717) is 11.5 Å². The zero-order valence-electron chi connectivity index (χ0n) is 11.6. The predicted molar refractivity (Wildman–Crippen MR) is 82.4 cm³/mol. The van der Waals surface area contributed by atoms with Crippen molar-refractivity contribution >= 4 is 22.8 Å². The number of aromatic nitrogens is 2. The van der Waals surface area contributed by atoms with Gasteiger partial charge in [0.15, 0.2) is 0 Å². The monoisotopic (exact) mass is 275 g/mol. The molecule has 1 fully saturated rings. The number of thioether (sulfide) groups is 1. The van der Waals surface area contributed by atoms with Gasteiger partial charge in [0.2, 0.25) is 0 Å². The van der Waals surface area contributed by atoms with Gasteiger partial charge in [-0.15, -0.1) is 0 Å². The van der Waals surface area contributed by atoms with Crippen LogP contribution in [0.5, 0.6) is 0 Å². The average Bonchev–Trinajstić information content (AvgIpc) is 2.79. The van der Waals surface area contributed by atoms with Crippen LogP contribution < -0.4 is 5.32 Å².